The van der Waals surface area contributed by atoms with Gasteiger partial charge in [0.1, 0.15) is 4.90 Å². The van der Waals surface area contributed by atoms with E-state index in [1.165, 1.54) is 17.9 Å². The maximum absolute atomic E-state index is 12.7. The Morgan fingerprint density at radius 1 is 1.25 bits per heavy atom. The van der Waals surface area contributed by atoms with E-state index < -0.39 is 28.5 Å². The molecular weight excluding hydrogens is 448 g/mol. The lowest BCUT2D eigenvalue weighted by Gasteiger charge is -2.17. The number of aliphatic hydroxyl groups excluding tert-OH is 1. The lowest BCUT2D eigenvalue weighted by atomic mass is 10.1. The Balaban J connectivity index is 1.80. The van der Waals surface area contributed by atoms with E-state index in [9.17, 15) is 23.1 Å². The Bertz CT molecular complexity index is 1020. The van der Waals surface area contributed by atoms with Gasteiger partial charge in [0, 0.05) is 23.6 Å². The first kappa shape index (κ1) is 20.5. The molecule has 2 aromatic rings. The summed E-state index contributed by atoms with van der Waals surface area (Å²) in [5, 5.41) is 10.1. The number of nitrogens with one attached hydrogen (secondary N) is 1. The summed E-state index contributed by atoms with van der Waals surface area (Å²) in [6.45, 7) is 1.90. The van der Waals surface area contributed by atoms with Gasteiger partial charge < -0.3 is 10.0 Å². The van der Waals surface area contributed by atoms with Crippen LogP contribution in [0.25, 0.3) is 0 Å². The Kier molecular flexibility index (Phi) is 5.87. The molecule has 0 aliphatic carbocycles. The molecule has 1 atom stereocenters. The minimum atomic E-state index is -4.18. The molecule has 1 unspecified atom stereocenters. The number of anilines is 1. The summed E-state index contributed by atoms with van der Waals surface area (Å²) in [6.07, 6.45) is -0.887. The van der Waals surface area contributed by atoms with Gasteiger partial charge in [0.25, 0.3) is 10.0 Å². The quantitative estimate of drug-likeness (QED) is 0.703. The number of aliphatic hydroxyl groups is 1. The lowest BCUT2D eigenvalue weighted by Crippen LogP contribution is -2.32. The average molecular weight is 467 g/mol. The Hall–Kier alpha value is -2.23. The van der Waals surface area contributed by atoms with Crippen molar-refractivity contribution in [3.63, 3.8) is 0 Å². The minimum Gasteiger partial charge on any atom is -0.388 e. The van der Waals surface area contributed by atoms with E-state index in [1.54, 1.807) is 36.4 Å². The summed E-state index contributed by atoms with van der Waals surface area (Å²) in [5.41, 5.74) is 1.89. The van der Waals surface area contributed by atoms with Gasteiger partial charge >= 0.3 is 0 Å². The van der Waals surface area contributed by atoms with Gasteiger partial charge in [-0.3, -0.25) is 9.59 Å². The molecule has 0 saturated heterocycles. The zero-order valence-corrected chi connectivity index (χ0v) is 17.5. The number of carbonyl (C=O) groups excluding carboxylic acids is 2. The second-order valence-corrected chi connectivity index (χ2v) is 9.00. The van der Waals surface area contributed by atoms with E-state index in [-0.39, 0.29) is 10.8 Å². The van der Waals surface area contributed by atoms with Crippen LogP contribution in [0.15, 0.2) is 51.8 Å². The van der Waals surface area contributed by atoms with Crippen molar-refractivity contribution in [3.8, 4) is 0 Å². The molecule has 1 aliphatic heterocycles. The number of carbonyl (C=O) groups is 2. The van der Waals surface area contributed by atoms with E-state index in [4.69, 9.17) is 0 Å². The predicted octanol–water partition coefficient (Wildman–Crippen LogP) is 2.29. The summed E-state index contributed by atoms with van der Waals surface area (Å²) in [4.78, 5) is 25.3. The topological polar surface area (TPSA) is 104 Å². The highest BCUT2D eigenvalue weighted by molar-refractivity contribution is 9.10. The molecule has 3 rings (SSSR count). The van der Waals surface area contributed by atoms with Crippen LogP contribution in [0.5, 0.6) is 0 Å². The maximum atomic E-state index is 12.7. The first-order chi connectivity index (χ1) is 13.2. The number of rotatable bonds is 5. The van der Waals surface area contributed by atoms with Crippen LogP contribution in [0.3, 0.4) is 0 Å². The normalized spacial score (nSPS) is 14.5. The number of nitrogens with zero attached hydrogens (tertiary/aromatic N) is 1. The smallest absolute Gasteiger partial charge is 0.265 e. The minimum absolute atomic E-state index is 0.137. The van der Waals surface area contributed by atoms with E-state index in [1.807, 2.05) is 4.72 Å². The predicted molar refractivity (Wildman–Crippen MR) is 107 cm³/mol. The number of hydrogen-bond acceptors (Lipinski definition) is 5. The van der Waals surface area contributed by atoms with Gasteiger partial charge in [0.2, 0.25) is 11.8 Å². The monoisotopic (exact) mass is 466 g/mol. The van der Waals surface area contributed by atoms with Crippen molar-refractivity contribution in [1.29, 1.82) is 0 Å². The van der Waals surface area contributed by atoms with Crippen LogP contribution >= 0.6 is 15.9 Å². The van der Waals surface area contributed by atoms with Crippen molar-refractivity contribution < 1.29 is 23.1 Å². The number of halogens is 1. The number of fused-ring (bicyclic) bond motifs is 1. The largest absolute Gasteiger partial charge is 0.388 e. The fourth-order valence-corrected chi connectivity index (χ4v) is 5.24. The molecule has 0 bridgehead atoms. The summed E-state index contributed by atoms with van der Waals surface area (Å²) < 4.78 is 27.7. The lowest BCUT2D eigenvalue weighted by molar-refractivity contribution is -0.121. The third-order valence-electron chi connectivity index (χ3n) is 4.51. The van der Waals surface area contributed by atoms with Crippen LogP contribution in [0.4, 0.5) is 5.69 Å². The second kappa shape index (κ2) is 8.02. The molecule has 0 saturated carbocycles. The maximum Gasteiger partial charge on any atom is 0.265 e. The molecule has 1 aliphatic rings. The van der Waals surface area contributed by atoms with E-state index in [0.717, 1.165) is 5.56 Å². The molecule has 2 aromatic carbocycles. The van der Waals surface area contributed by atoms with E-state index in [2.05, 4.69) is 15.9 Å². The van der Waals surface area contributed by atoms with E-state index in [0.29, 0.717) is 28.7 Å². The Morgan fingerprint density at radius 2 is 1.93 bits per heavy atom. The third kappa shape index (κ3) is 4.26. The van der Waals surface area contributed by atoms with Crippen molar-refractivity contribution in [2.75, 3.05) is 11.4 Å². The molecule has 0 aromatic heterocycles. The van der Waals surface area contributed by atoms with Gasteiger partial charge in [-0.1, -0.05) is 30.3 Å². The van der Waals surface area contributed by atoms with Crippen molar-refractivity contribution in [3.05, 3.63) is 58.1 Å². The molecule has 2 N–H and O–H groups in total. The highest BCUT2D eigenvalue weighted by Gasteiger charge is 2.28. The van der Waals surface area contributed by atoms with Gasteiger partial charge in [-0.2, -0.15) is 0 Å². The molecule has 1 heterocycles. The molecule has 2 amide bonds. The summed E-state index contributed by atoms with van der Waals surface area (Å²) >= 11 is 3.24. The zero-order valence-electron chi connectivity index (χ0n) is 15.1. The highest BCUT2D eigenvalue weighted by atomic mass is 79.9. The zero-order chi connectivity index (χ0) is 20.5. The average Bonchev–Trinajstić information content (AvgIpc) is 3.04. The first-order valence-corrected chi connectivity index (χ1v) is 10.9. The number of sulfonamides is 1. The first-order valence-electron chi connectivity index (χ1n) is 8.58. The fourth-order valence-electron chi connectivity index (χ4n) is 3.14. The van der Waals surface area contributed by atoms with Gasteiger partial charge in [-0.15, -0.1) is 0 Å². The fraction of sp³-hybridized carbons (Fsp3) is 0.263. The van der Waals surface area contributed by atoms with Crippen LogP contribution in [-0.2, 0) is 26.0 Å². The Labute approximate surface area is 171 Å². The molecule has 0 radical (unpaired) electrons. The SMILES string of the molecule is CC(=O)N1CCc2cc(Br)c(S(=O)(=O)NC(=O)CC(O)c3ccccc3)cc21. The van der Waals surface area contributed by atoms with Gasteiger partial charge in [-0.25, -0.2) is 13.1 Å². The standard InChI is InChI=1S/C19H19BrN2O5S/c1-12(23)22-8-7-14-9-15(20)18(10-16(14)22)28(26,27)21-19(25)11-17(24)13-5-3-2-4-6-13/h2-6,9-10,17,24H,7-8,11H2,1H3,(H,21,25). The summed E-state index contributed by atoms with van der Waals surface area (Å²) in [5.74, 6) is -1.01. The van der Waals surface area contributed by atoms with Gasteiger partial charge in [0.05, 0.1) is 12.5 Å². The van der Waals surface area contributed by atoms with Crippen molar-refractivity contribution in [1.82, 2.24) is 4.72 Å². The van der Waals surface area contributed by atoms with Crippen LogP contribution < -0.4 is 9.62 Å². The van der Waals surface area contributed by atoms with Crippen molar-refractivity contribution in [2.45, 2.75) is 30.8 Å². The Morgan fingerprint density at radius 3 is 2.57 bits per heavy atom. The van der Waals surface area contributed by atoms with E-state index >= 15 is 0 Å². The molecular formula is C19H19BrN2O5S. The van der Waals surface area contributed by atoms with Crippen LogP contribution in [-0.4, -0.2) is 31.9 Å². The molecule has 7 nitrogen and oxygen atoms in total. The third-order valence-corrected chi connectivity index (χ3v) is 6.84. The van der Waals surface area contributed by atoms with Crippen LogP contribution in [0, 0.1) is 0 Å². The van der Waals surface area contributed by atoms with Crippen LogP contribution in [0.2, 0.25) is 0 Å². The summed E-state index contributed by atoms with van der Waals surface area (Å²) in [6, 6.07) is 11.6. The van der Waals surface area contributed by atoms with Gasteiger partial charge in [0.15, 0.2) is 0 Å². The van der Waals surface area contributed by atoms with Crippen LogP contribution in [0.1, 0.15) is 30.6 Å². The summed E-state index contributed by atoms with van der Waals surface area (Å²) in [7, 11) is -4.18. The molecule has 28 heavy (non-hydrogen) atoms. The molecule has 0 spiro atoms. The molecule has 0 fully saturated rings. The molecule has 148 valence electrons. The molecule has 9 heteroatoms. The number of hydrogen-bond donors (Lipinski definition) is 2. The second-order valence-electron chi connectivity index (χ2n) is 6.49. The number of benzene rings is 2. The van der Waals surface area contributed by atoms with Crippen molar-refractivity contribution in [2.24, 2.45) is 0 Å². The van der Waals surface area contributed by atoms with Gasteiger partial charge in [-0.05, 0) is 45.6 Å². The number of amides is 2. The highest BCUT2D eigenvalue weighted by Crippen LogP contribution is 2.35. The van der Waals surface area contributed by atoms with Crippen molar-refractivity contribution >= 4 is 43.5 Å².